The normalized spacial score (nSPS) is 11.6. The standard InChI is InChI=1S/C25H20NOP/c27-28(23-10-3-1-4-11-23,24-12-5-2-6-13-24)25-18-15-21(16-19-25)14-17-22-9-7-8-20-26-22/h1-20H/b17-14+. The SMILES string of the molecule is O=P(c1ccccc1)(c1ccccc1)c1ccc(/C=C/c2ccccn2)cc1. The molecule has 0 radical (unpaired) electrons. The van der Waals surface area contributed by atoms with Crippen molar-refractivity contribution in [3.8, 4) is 0 Å². The first-order valence-electron chi connectivity index (χ1n) is 9.18. The molecule has 4 aromatic rings. The molecule has 0 saturated carbocycles. The average molecular weight is 381 g/mol. The third-order valence-electron chi connectivity index (χ3n) is 4.63. The van der Waals surface area contributed by atoms with E-state index in [0.29, 0.717) is 0 Å². The van der Waals surface area contributed by atoms with Gasteiger partial charge in [-0.1, -0.05) is 97.1 Å². The van der Waals surface area contributed by atoms with Gasteiger partial charge >= 0.3 is 0 Å². The van der Waals surface area contributed by atoms with Crippen LogP contribution in [-0.4, -0.2) is 4.98 Å². The summed E-state index contributed by atoms with van der Waals surface area (Å²) >= 11 is 0. The summed E-state index contributed by atoms with van der Waals surface area (Å²) in [6.45, 7) is 0. The molecule has 3 aromatic carbocycles. The van der Waals surface area contributed by atoms with Gasteiger partial charge in [0, 0.05) is 22.1 Å². The molecule has 0 unspecified atom stereocenters. The predicted octanol–water partition coefficient (Wildman–Crippen LogP) is 4.89. The molecule has 0 aliphatic carbocycles. The largest absolute Gasteiger partial charge is 0.309 e. The summed E-state index contributed by atoms with van der Waals surface area (Å²) in [6.07, 6.45) is 5.77. The predicted molar refractivity (Wildman–Crippen MR) is 119 cm³/mol. The lowest BCUT2D eigenvalue weighted by Crippen LogP contribution is -2.24. The molecule has 28 heavy (non-hydrogen) atoms. The highest BCUT2D eigenvalue weighted by molar-refractivity contribution is 7.85. The minimum absolute atomic E-state index is 0.833. The minimum Gasteiger partial charge on any atom is -0.309 e. The van der Waals surface area contributed by atoms with Gasteiger partial charge in [-0.25, -0.2) is 0 Å². The van der Waals surface area contributed by atoms with E-state index in [-0.39, 0.29) is 0 Å². The van der Waals surface area contributed by atoms with Crippen molar-refractivity contribution in [3.63, 3.8) is 0 Å². The minimum atomic E-state index is -2.91. The molecule has 0 aliphatic rings. The van der Waals surface area contributed by atoms with Crippen molar-refractivity contribution in [2.75, 3.05) is 0 Å². The van der Waals surface area contributed by atoms with Crippen molar-refractivity contribution in [1.29, 1.82) is 0 Å². The van der Waals surface area contributed by atoms with E-state index >= 15 is 0 Å². The number of pyridine rings is 1. The zero-order chi connectivity index (χ0) is 19.2. The van der Waals surface area contributed by atoms with Crippen LogP contribution in [0.1, 0.15) is 11.3 Å². The molecule has 0 bridgehead atoms. The van der Waals surface area contributed by atoms with Crippen LogP contribution >= 0.6 is 7.14 Å². The number of benzene rings is 3. The maximum atomic E-state index is 14.3. The maximum Gasteiger partial charge on any atom is 0.171 e. The first-order valence-corrected chi connectivity index (χ1v) is 10.9. The second-order valence-corrected chi connectivity index (χ2v) is 9.23. The molecule has 136 valence electrons. The van der Waals surface area contributed by atoms with Crippen molar-refractivity contribution >= 4 is 35.2 Å². The van der Waals surface area contributed by atoms with Crippen molar-refractivity contribution in [1.82, 2.24) is 4.98 Å². The van der Waals surface area contributed by atoms with Crippen LogP contribution in [-0.2, 0) is 4.57 Å². The zero-order valence-corrected chi connectivity index (χ0v) is 16.2. The van der Waals surface area contributed by atoms with Crippen LogP contribution in [0.15, 0.2) is 109 Å². The molecule has 0 spiro atoms. The third-order valence-corrected chi connectivity index (χ3v) is 7.71. The quantitative estimate of drug-likeness (QED) is 0.461. The molecule has 0 atom stereocenters. The average Bonchev–Trinajstić information content (AvgIpc) is 2.79. The van der Waals surface area contributed by atoms with Crippen LogP contribution in [0.25, 0.3) is 12.2 Å². The molecule has 1 heterocycles. The molecule has 0 amide bonds. The van der Waals surface area contributed by atoms with Gasteiger partial charge in [-0.2, -0.15) is 0 Å². The highest BCUT2D eigenvalue weighted by atomic mass is 31.2. The fourth-order valence-electron chi connectivity index (χ4n) is 3.17. The first kappa shape index (κ1) is 18.2. The van der Waals surface area contributed by atoms with Crippen LogP contribution in [0.2, 0.25) is 0 Å². The van der Waals surface area contributed by atoms with E-state index in [0.717, 1.165) is 27.2 Å². The van der Waals surface area contributed by atoms with Gasteiger partial charge in [0.2, 0.25) is 0 Å². The molecule has 3 heteroatoms. The lowest BCUT2D eigenvalue weighted by atomic mass is 10.2. The molecule has 1 aromatic heterocycles. The molecular weight excluding hydrogens is 361 g/mol. The van der Waals surface area contributed by atoms with Crippen LogP contribution in [0.4, 0.5) is 0 Å². The number of hydrogen-bond acceptors (Lipinski definition) is 2. The molecule has 4 rings (SSSR count). The second-order valence-electron chi connectivity index (χ2n) is 6.46. The van der Waals surface area contributed by atoms with E-state index < -0.39 is 7.14 Å². The van der Waals surface area contributed by atoms with E-state index in [1.54, 1.807) is 6.20 Å². The van der Waals surface area contributed by atoms with Gasteiger partial charge in [-0.05, 0) is 23.8 Å². The van der Waals surface area contributed by atoms with Crippen molar-refractivity contribution < 1.29 is 4.57 Å². The summed E-state index contributed by atoms with van der Waals surface area (Å²) in [5, 5.41) is 2.52. The summed E-state index contributed by atoms with van der Waals surface area (Å²) in [4.78, 5) is 4.30. The molecule has 0 fully saturated rings. The molecule has 0 aliphatic heterocycles. The smallest absolute Gasteiger partial charge is 0.171 e. The Kier molecular flexibility index (Phi) is 5.32. The summed E-state index contributed by atoms with van der Waals surface area (Å²) in [7, 11) is -2.91. The van der Waals surface area contributed by atoms with Crippen LogP contribution in [0.3, 0.4) is 0 Å². The van der Waals surface area contributed by atoms with Gasteiger partial charge in [0.25, 0.3) is 0 Å². The number of nitrogens with zero attached hydrogens (tertiary/aromatic N) is 1. The Labute approximate surface area is 165 Å². The Bertz CT molecular complexity index is 1060. The van der Waals surface area contributed by atoms with Gasteiger partial charge in [-0.15, -0.1) is 0 Å². The lowest BCUT2D eigenvalue weighted by Gasteiger charge is -2.20. The van der Waals surface area contributed by atoms with Gasteiger partial charge in [-0.3, -0.25) is 4.98 Å². The topological polar surface area (TPSA) is 30.0 Å². The Morgan fingerprint density at radius 2 is 1.11 bits per heavy atom. The zero-order valence-electron chi connectivity index (χ0n) is 15.3. The van der Waals surface area contributed by atoms with Gasteiger partial charge in [0.05, 0.1) is 5.69 Å². The summed E-state index contributed by atoms with van der Waals surface area (Å²) in [6, 6.07) is 33.2. The first-order chi connectivity index (χ1) is 13.8. The van der Waals surface area contributed by atoms with Crippen LogP contribution in [0.5, 0.6) is 0 Å². The Balaban J connectivity index is 1.72. The monoisotopic (exact) mass is 381 g/mol. The molecule has 0 saturated heterocycles. The Morgan fingerprint density at radius 1 is 0.571 bits per heavy atom. The van der Waals surface area contributed by atoms with Gasteiger partial charge in [0.15, 0.2) is 7.14 Å². The second kappa shape index (κ2) is 8.21. The van der Waals surface area contributed by atoms with E-state index in [2.05, 4.69) is 4.98 Å². The van der Waals surface area contributed by atoms with E-state index in [4.69, 9.17) is 0 Å². The summed E-state index contributed by atoms with van der Waals surface area (Å²) < 4.78 is 14.3. The molecular formula is C25H20NOP. The van der Waals surface area contributed by atoms with E-state index in [9.17, 15) is 4.57 Å². The lowest BCUT2D eigenvalue weighted by molar-refractivity contribution is 0.592. The Hall–Kier alpha value is -3.22. The molecule has 0 N–H and O–H groups in total. The highest BCUT2D eigenvalue weighted by Gasteiger charge is 2.29. The van der Waals surface area contributed by atoms with Crippen LogP contribution in [0, 0.1) is 0 Å². The summed E-state index contributed by atoms with van der Waals surface area (Å²) in [5.74, 6) is 0. The number of hydrogen-bond donors (Lipinski definition) is 0. The van der Waals surface area contributed by atoms with E-state index in [1.165, 1.54) is 0 Å². The Morgan fingerprint density at radius 3 is 1.64 bits per heavy atom. The number of rotatable bonds is 5. The highest BCUT2D eigenvalue weighted by Crippen LogP contribution is 2.42. The van der Waals surface area contributed by atoms with Crippen molar-refractivity contribution in [2.45, 2.75) is 0 Å². The van der Waals surface area contributed by atoms with Gasteiger partial charge < -0.3 is 4.57 Å². The fourth-order valence-corrected chi connectivity index (χ4v) is 5.82. The van der Waals surface area contributed by atoms with Gasteiger partial charge in [0.1, 0.15) is 0 Å². The summed E-state index contributed by atoms with van der Waals surface area (Å²) in [5.41, 5.74) is 1.95. The van der Waals surface area contributed by atoms with Crippen molar-refractivity contribution in [2.24, 2.45) is 0 Å². The molecule has 2 nitrogen and oxygen atoms in total. The fraction of sp³-hybridized carbons (Fsp3) is 0. The maximum absolute atomic E-state index is 14.3. The number of aromatic nitrogens is 1. The van der Waals surface area contributed by atoms with Crippen LogP contribution < -0.4 is 15.9 Å². The third kappa shape index (κ3) is 3.74. The van der Waals surface area contributed by atoms with E-state index in [1.807, 2.05) is 115 Å². The van der Waals surface area contributed by atoms with Crippen molar-refractivity contribution in [3.05, 3.63) is 121 Å².